The molecule has 1 unspecified atom stereocenters. The van der Waals surface area contributed by atoms with Gasteiger partial charge in [0.1, 0.15) is 12.4 Å². The summed E-state index contributed by atoms with van der Waals surface area (Å²) < 4.78 is 0. The van der Waals surface area contributed by atoms with Crippen LogP contribution in [-0.4, -0.2) is 90.1 Å². The van der Waals surface area contributed by atoms with Gasteiger partial charge >= 0.3 is 5.97 Å². The second kappa shape index (κ2) is 14.8. The van der Waals surface area contributed by atoms with Gasteiger partial charge in [-0.05, 0) is 62.1 Å². The third kappa shape index (κ3) is 8.21. The number of benzene rings is 2. The molecule has 42 heavy (non-hydrogen) atoms. The van der Waals surface area contributed by atoms with Gasteiger partial charge < -0.3 is 32.1 Å². The number of nitrogens with two attached hydrogens (primary N) is 2. The minimum absolute atomic E-state index is 0.0492. The van der Waals surface area contributed by atoms with Crippen LogP contribution in [0.25, 0.3) is 0 Å². The lowest BCUT2D eigenvalue weighted by molar-refractivity contribution is -0.153. The topological polar surface area (TPSA) is 221 Å². The number of nitrogens with zero attached hydrogens (tertiary/aromatic N) is 1. The summed E-state index contributed by atoms with van der Waals surface area (Å²) in [5.41, 5.74) is 11.5. The molecule has 0 spiro atoms. The molecule has 13 heteroatoms. The molecule has 1 fully saturated rings. The van der Waals surface area contributed by atoms with Gasteiger partial charge in [-0.3, -0.25) is 34.7 Å². The lowest BCUT2D eigenvalue weighted by Gasteiger charge is -2.41. The van der Waals surface area contributed by atoms with E-state index in [-0.39, 0.29) is 37.8 Å². The van der Waals surface area contributed by atoms with Crippen LogP contribution in [0.15, 0.2) is 48.5 Å². The molecule has 1 aliphatic heterocycles. The molecule has 0 aliphatic carbocycles. The number of amidine groups is 1. The molecule has 1 aliphatic rings. The molecule has 9 N–H and O–H groups in total. The summed E-state index contributed by atoms with van der Waals surface area (Å²) in [4.78, 5) is 64.5. The van der Waals surface area contributed by atoms with Crippen molar-refractivity contribution < 1.29 is 29.1 Å². The molecule has 1 heterocycles. The third-order valence-electron chi connectivity index (χ3n) is 7.04. The standard InChI is InChI=1S/C29H37N7O6/c30-13-11-19-3-5-21(6-4-19)27(41)34-17-23(37)29(28(42)36(16-15-35-29)18-24(38)39)12-1-2-14-33-26(40)22-9-7-20(8-10-22)25(31)32/h3-10,35H,1-2,11-18,30H2,(H3,31,32)(H,33,40)(H,34,41)(H,38,39). The van der Waals surface area contributed by atoms with Crippen molar-refractivity contribution in [3.05, 3.63) is 70.8 Å². The number of Topliss-reactive ketones (excluding diaryl/α,β-unsaturated/α-hetero) is 1. The zero-order valence-electron chi connectivity index (χ0n) is 23.3. The van der Waals surface area contributed by atoms with Gasteiger partial charge in [0.25, 0.3) is 17.7 Å². The summed E-state index contributed by atoms with van der Waals surface area (Å²) in [7, 11) is 0. The van der Waals surface area contributed by atoms with Gasteiger partial charge in [-0.25, -0.2) is 0 Å². The molecular weight excluding hydrogens is 542 g/mol. The maximum absolute atomic E-state index is 13.5. The van der Waals surface area contributed by atoms with E-state index < -0.39 is 42.2 Å². The highest BCUT2D eigenvalue weighted by atomic mass is 16.4. The molecule has 2 aromatic rings. The highest BCUT2D eigenvalue weighted by Gasteiger charge is 2.49. The maximum atomic E-state index is 13.5. The van der Waals surface area contributed by atoms with Gasteiger partial charge in [-0.1, -0.05) is 24.3 Å². The molecule has 1 saturated heterocycles. The summed E-state index contributed by atoms with van der Waals surface area (Å²) in [6.07, 6.45) is 1.50. The van der Waals surface area contributed by atoms with E-state index in [1.54, 1.807) is 48.5 Å². The molecule has 3 rings (SSSR count). The van der Waals surface area contributed by atoms with Crippen molar-refractivity contribution in [2.45, 2.75) is 31.2 Å². The van der Waals surface area contributed by atoms with E-state index >= 15 is 0 Å². The number of amides is 3. The molecule has 13 nitrogen and oxygen atoms in total. The van der Waals surface area contributed by atoms with Crippen molar-refractivity contribution in [1.82, 2.24) is 20.9 Å². The van der Waals surface area contributed by atoms with Crippen LogP contribution >= 0.6 is 0 Å². The number of nitrogen functional groups attached to an aromatic ring is 1. The minimum Gasteiger partial charge on any atom is -0.480 e. The van der Waals surface area contributed by atoms with E-state index in [0.29, 0.717) is 42.5 Å². The Morgan fingerprint density at radius 2 is 1.55 bits per heavy atom. The van der Waals surface area contributed by atoms with Gasteiger partial charge in [0, 0.05) is 36.3 Å². The molecule has 0 bridgehead atoms. The van der Waals surface area contributed by atoms with Crippen molar-refractivity contribution >= 4 is 35.3 Å². The van der Waals surface area contributed by atoms with E-state index in [2.05, 4.69) is 16.0 Å². The Kier molecular flexibility index (Phi) is 11.3. The fourth-order valence-corrected chi connectivity index (χ4v) is 4.74. The van der Waals surface area contributed by atoms with Crippen LogP contribution in [-0.2, 0) is 20.8 Å². The number of carbonyl (C=O) groups is 5. The molecule has 0 aromatic heterocycles. The summed E-state index contributed by atoms with van der Waals surface area (Å²) >= 11 is 0. The van der Waals surface area contributed by atoms with E-state index in [0.717, 1.165) is 10.5 Å². The predicted octanol–water partition coefficient (Wildman–Crippen LogP) is -0.374. The Labute approximate surface area is 243 Å². The van der Waals surface area contributed by atoms with E-state index in [9.17, 15) is 29.1 Å². The van der Waals surface area contributed by atoms with E-state index in [1.165, 1.54) is 0 Å². The van der Waals surface area contributed by atoms with Crippen LogP contribution in [0.1, 0.15) is 51.1 Å². The van der Waals surface area contributed by atoms with Gasteiger partial charge in [0.2, 0.25) is 0 Å². The number of ketones is 1. The fourth-order valence-electron chi connectivity index (χ4n) is 4.74. The van der Waals surface area contributed by atoms with E-state index in [4.69, 9.17) is 16.9 Å². The Balaban J connectivity index is 1.62. The second-order valence-corrected chi connectivity index (χ2v) is 10.00. The van der Waals surface area contributed by atoms with Crippen LogP contribution in [0.4, 0.5) is 0 Å². The van der Waals surface area contributed by atoms with Crippen molar-refractivity contribution in [2.24, 2.45) is 11.5 Å². The van der Waals surface area contributed by atoms with Crippen LogP contribution < -0.4 is 27.4 Å². The largest absolute Gasteiger partial charge is 0.480 e. The number of piperazine rings is 1. The summed E-state index contributed by atoms with van der Waals surface area (Å²) in [5, 5.41) is 25.0. The summed E-state index contributed by atoms with van der Waals surface area (Å²) in [6.45, 7) is 0.0892. The number of aliphatic carboxylic acids is 1. The molecular formula is C29H37N7O6. The second-order valence-electron chi connectivity index (χ2n) is 10.00. The number of carboxylic acid groups (broad SMARTS) is 1. The summed E-state index contributed by atoms with van der Waals surface area (Å²) in [5.74, 6) is -3.34. The van der Waals surface area contributed by atoms with Crippen molar-refractivity contribution in [1.29, 1.82) is 5.41 Å². The van der Waals surface area contributed by atoms with Gasteiger partial charge in [-0.2, -0.15) is 0 Å². The number of rotatable bonds is 15. The van der Waals surface area contributed by atoms with E-state index in [1.807, 2.05) is 0 Å². The Morgan fingerprint density at radius 1 is 0.952 bits per heavy atom. The SMILES string of the molecule is N=C(N)c1ccc(C(=O)NCCCCC2(C(=O)CNC(=O)c3ccc(CCN)cc3)NCCN(CC(=O)O)C2=O)cc1. The van der Waals surface area contributed by atoms with Crippen molar-refractivity contribution in [3.63, 3.8) is 0 Å². The highest BCUT2D eigenvalue weighted by molar-refractivity contribution is 6.13. The van der Waals surface area contributed by atoms with Crippen molar-refractivity contribution in [3.8, 4) is 0 Å². The van der Waals surface area contributed by atoms with Gasteiger partial charge in [-0.15, -0.1) is 0 Å². The number of nitrogens with one attached hydrogen (secondary N) is 4. The molecule has 2 aromatic carbocycles. The first-order chi connectivity index (χ1) is 20.1. The number of carbonyl (C=O) groups excluding carboxylic acids is 4. The van der Waals surface area contributed by atoms with Gasteiger partial charge in [0.05, 0.1) is 6.54 Å². The molecule has 0 radical (unpaired) electrons. The highest BCUT2D eigenvalue weighted by Crippen LogP contribution is 2.22. The molecule has 3 amide bonds. The van der Waals surface area contributed by atoms with Gasteiger partial charge in [0.15, 0.2) is 11.3 Å². The molecule has 1 atom stereocenters. The maximum Gasteiger partial charge on any atom is 0.323 e. The smallest absolute Gasteiger partial charge is 0.323 e. The third-order valence-corrected chi connectivity index (χ3v) is 7.04. The Hall–Kier alpha value is -4.62. The van der Waals surface area contributed by atoms with Crippen molar-refractivity contribution in [2.75, 3.05) is 39.3 Å². The quantitative estimate of drug-likeness (QED) is 0.0632. The van der Waals surface area contributed by atoms with Crippen LogP contribution in [0, 0.1) is 5.41 Å². The Bertz CT molecular complexity index is 1310. The predicted molar refractivity (Wildman–Crippen MR) is 155 cm³/mol. The average molecular weight is 580 g/mol. The zero-order chi connectivity index (χ0) is 30.7. The number of hydrogen-bond donors (Lipinski definition) is 7. The number of hydrogen-bond acceptors (Lipinski definition) is 8. The first-order valence-corrected chi connectivity index (χ1v) is 13.7. The minimum atomic E-state index is -1.71. The fraction of sp³-hybridized carbons (Fsp3) is 0.379. The number of unbranched alkanes of at least 4 members (excludes halogenated alkanes) is 1. The molecule has 224 valence electrons. The number of carboxylic acids is 1. The molecule has 0 saturated carbocycles. The van der Waals surface area contributed by atoms with Crippen LogP contribution in [0.2, 0.25) is 0 Å². The normalized spacial score (nSPS) is 16.5. The monoisotopic (exact) mass is 579 g/mol. The average Bonchev–Trinajstić information content (AvgIpc) is 2.97. The first kappa shape index (κ1) is 31.9. The first-order valence-electron chi connectivity index (χ1n) is 13.7. The van der Waals surface area contributed by atoms with Crippen LogP contribution in [0.3, 0.4) is 0 Å². The summed E-state index contributed by atoms with van der Waals surface area (Å²) in [6, 6.07) is 13.1. The Morgan fingerprint density at radius 3 is 2.14 bits per heavy atom. The van der Waals surface area contributed by atoms with Crippen LogP contribution in [0.5, 0.6) is 0 Å². The lowest BCUT2D eigenvalue weighted by Crippen LogP contribution is -2.70. The zero-order valence-corrected chi connectivity index (χ0v) is 23.3. The lowest BCUT2D eigenvalue weighted by atomic mass is 9.84.